The topological polar surface area (TPSA) is 40.5 Å². The van der Waals surface area contributed by atoms with Gasteiger partial charge in [-0.1, -0.05) is 151 Å². The molecule has 0 saturated heterocycles. The maximum absolute atomic E-state index is 9.37. The number of hydrogen-bond acceptors (Lipinski definition) is 2. The summed E-state index contributed by atoms with van der Waals surface area (Å²) in [5, 5.41) is 18.6. The van der Waals surface area contributed by atoms with Crippen LogP contribution in [0.5, 0.6) is 11.5 Å². The fourth-order valence-corrected chi connectivity index (χ4v) is 6.02. The summed E-state index contributed by atoms with van der Waals surface area (Å²) in [4.78, 5) is 0. The average Bonchev–Trinajstić information content (AvgIpc) is 2.92. The van der Waals surface area contributed by atoms with Crippen LogP contribution in [-0.2, 0) is 12.8 Å². The number of hydrogen-bond donors (Lipinski definition) is 2. The van der Waals surface area contributed by atoms with Crippen molar-refractivity contribution < 1.29 is 10.2 Å². The molecule has 0 amide bonds. The van der Waals surface area contributed by atoms with Crippen molar-refractivity contribution in [2.24, 2.45) is 34.5 Å². The van der Waals surface area contributed by atoms with E-state index in [4.69, 9.17) is 0 Å². The van der Waals surface area contributed by atoms with Gasteiger partial charge in [-0.05, 0) is 95.6 Å². The monoisotopic (exact) mass is 595 g/mol. The molecular formula is C41H70O2. The number of unbranched alkanes of at least 4 members (excludes halogenated alkanes) is 3. The Kier molecular flexibility index (Phi) is 18.3. The molecule has 2 rings (SSSR count). The third kappa shape index (κ3) is 18.4. The zero-order chi connectivity index (χ0) is 32.5. The molecular weight excluding hydrogens is 524 g/mol. The predicted octanol–water partition coefficient (Wildman–Crippen LogP) is 12.8. The molecule has 0 aliphatic carbocycles. The summed E-state index contributed by atoms with van der Waals surface area (Å²) in [5.74, 6) is 3.80. The largest absolute Gasteiger partial charge is 0.508 e. The van der Waals surface area contributed by atoms with Crippen LogP contribution in [0.2, 0.25) is 0 Å². The summed E-state index contributed by atoms with van der Waals surface area (Å²) < 4.78 is 0. The lowest BCUT2D eigenvalue weighted by Crippen LogP contribution is -2.20. The Balaban J connectivity index is 0.000000442. The Hall–Kier alpha value is -1.96. The summed E-state index contributed by atoms with van der Waals surface area (Å²) in [5.41, 5.74) is 3.54. The van der Waals surface area contributed by atoms with E-state index in [0.717, 1.165) is 36.5 Å². The Bertz CT molecular complexity index is 945. The van der Waals surface area contributed by atoms with Crippen LogP contribution in [-0.4, -0.2) is 10.2 Å². The molecule has 246 valence electrons. The van der Waals surface area contributed by atoms with E-state index < -0.39 is 0 Å². The van der Waals surface area contributed by atoms with Crippen molar-refractivity contribution in [3.05, 3.63) is 59.7 Å². The fourth-order valence-electron chi connectivity index (χ4n) is 6.02. The lowest BCUT2D eigenvalue weighted by atomic mass is 9.74. The van der Waals surface area contributed by atoms with Crippen LogP contribution >= 0.6 is 0 Å². The van der Waals surface area contributed by atoms with Crippen LogP contribution in [0.1, 0.15) is 151 Å². The Labute approximate surface area is 268 Å². The SMILES string of the molecule is CC(CCCC(C)C(C)(C)C)Cc1ccc(O)cc1.CCCCCCC(CCCC(C)Cc1ccc(O)cc1)C(C)(C)C. The first-order valence-electron chi connectivity index (χ1n) is 17.7. The van der Waals surface area contributed by atoms with E-state index in [1.165, 1.54) is 81.8 Å². The molecule has 4 atom stereocenters. The van der Waals surface area contributed by atoms with Crippen LogP contribution in [0.25, 0.3) is 0 Å². The van der Waals surface area contributed by atoms with Gasteiger partial charge in [-0.3, -0.25) is 0 Å². The van der Waals surface area contributed by atoms with Crippen molar-refractivity contribution in [1.82, 2.24) is 0 Å². The van der Waals surface area contributed by atoms with Crippen LogP contribution in [0, 0.1) is 34.5 Å². The summed E-state index contributed by atoms with van der Waals surface area (Å²) in [6.45, 7) is 23.6. The van der Waals surface area contributed by atoms with Gasteiger partial charge in [0.05, 0.1) is 0 Å². The molecule has 0 saturated carbocycles. The molecule has 0 bridgehead atoms. The second kappa shape index (κ2) is 20.1. The molecule has 0 aromatic heterocycles. The Morgan fingerprint density at radius 2 is 0.930 bits per heavy atom. The number of aromatic hydroxyl groups is 2. The maximum Gasteiger partial charge on any atom is 0.115 e. The number of phenolic OH excluding ortho intramolecular Hbond substituents is 2. The first-order valence-corrected chi connectivity index (χ1v) is 17.7. The molecule has 2 aromatic carbocycles. The van der Waals surface area contributed by atoms with Crippen LogP contribution in [0.3, 0.4) is 0 Å². The Morgan fingerprint density at radius 1 is 0.512 bits per heavy atom. The minimum Gasteiger partial charge on any atom is -0.508 e. The van der Waals surface area contributed by atoms with Crippen molar-refractivity contribution >= 4 is 0 Å². The standard InChI is InChI=1S/C23H40O.C18H30O/c1-6-7-8-9-12-21(23(3,4)5)13-10-11-19(2)18-20-14-16-22(24)17-15-20;1-14(7-6-8-15(2)18(3,4)5)13-16-9-11-17(19)12-10-16/h14-17,19,21,24H,6-13,18H2,1-5H3;9-12,14-15,19H,6-8,13H2,1-5H3. The van der Waals surface area contributed by atoms with Gasteiger partial charge in [-0.25, -0.2) is 0 Å². The quantitative estimate of drug-likeness (QED) is 0.179. The molecule has 0 aliphatic heterocycles. The van der Waals surface area contributed by atoms with Gasteiger partial charge >= 0.3 is 0 Å². The molecule has 0 spiro atoms. The second-order valence-electron chi connectivity index (χ2n) is 16.0. The minimum atomic E-state index is 0.357. The van der Waals surface area contributed by atoms with Crippen molar-refractivity contribution in [3.63, 3.8) is 0 Å². The Morgan fingerprint density at radius 3 is 1.33 bits per heavy atom. The highest BCUT2D eigenvalue weighted by molar-refractivity contribution is 5.26. The van der Waals surface area contributed by atoms with Crippen molar-refractivity contribution in [3.8, 4) is 11.5 Å². The highest BCUT2D eigenvalue weighted by Gasteiger charge is 2.24. The van der Waals surface area contributed by atoms with Gasteiger partial charge in [-0.2, -0.15) is 0 Å². The summed E-state index contributed by atoms with van der Waals surface area (Å²) in [6.07, 6.45) is 17.1. The van der Waals surface area contributed by atoms with Crippen LogP contribution in [0.15, 0.2) is 48.5 Å². The molecule has 43 heavy (non-hydrogen) atoms. The van der Waals surface area contributed by atoms with Crippen LogP contribution in [0.4, 0.5) is 0 Å². The van der Waals surface area contributed by atoms with Gasteiger partial charge in [-0.15, -0.1) is 0 Å². The highest BCUT2D eigenvalue weighted by Crippen LogP contribution is 2.35. The molecule has 0 radical (unpaired) electrons. The smallest absolute Gasteiger partial charge is 0.115 e. The van der Waals surface area contributed by atoms with E-state index in [-0.39, 0.29) is 0 Å². The minimum absolute atomic E-state index is 0.357. The third-order valence-electron chi connectivity index (χ3n) is 9.73. The first-order chi connectivity index (χ1) is 20.1. The molecule has 0 fully saturated rings. The second-order valence-corrected chi connectivity index (χ2v) is 16.0. The van der Waals surface area contributed by atoms with Gasteiger partial charge < -0.3 is 10.2 Å². The molecule has 0 aliphatic rings. The number of benzene rings is 2. The van der Waals surface area contributed by atoms with E-state index in [1.807, 2.05) is 12.1 Å². The van der Waals surface area contributed by atoms with E-state index in [9.17, 15) is 10.2 Å². The lowest BCUT2D eigenvalue weighted by molar-refractivity contribution is 0.198. The molecule has 2 N–H and O–H groups in total. The van der Waals surface area contributed by atoms with Gasteiger partial charge in [0.25, 0.3) is 0 Å². The number of rotatable bonds is 17. The predicted molar refractivity (Wildman–Crippen MR) is 190 cm³/mol. The normalized spacial score (nSPS) is 14.8. The zero-order valence-electron chi connectivity index (χ0n) is 30.0. The molecule has 0 heterocycles. The summed E-state index contributed by atoms with van der Waals surface area (Å²) in [6, 6.07) is 15.3. The number of phenols is 2. The highest BCUT2D eigenvalue weighted by atomic mass is 16.3. The van der Waals surface area contributed by atoms with Crippen molar-refractivity contribution in [2.45, 2.75) is 153 Å². The van der Waals surface area contributed by atoms with Gasteiger partial charge in [0.15, 0.2) is 0 Å². The van der Waals surface area contributed by atoms with Crippen molar-refractivity contribution in [1.29, 1.82) is 0 Å². The first kappa shape index (κ1) is 39.1. The zero-order valence-corrected chi connectivity index (χ0v) is 30.0. The van der Waals surface area contributed by atoms with E-state index in [2.05, 4.69) is 81.4 Å². The molecule has 4 unspecified atom stereocenters. The fraction of sp³-hybridized carbons (Fsp3) is 0.707. The van der Waals surface area contributed by atoms with Crippen LogP contribution < -0.4 is 0 Å². The molecule has 2 nitrogen and oxygen atoms in total. The van der Waals surface area contributed by atoms with Gasteiger partial charge in [0.2, 0.25) is 0 Å². The van der Waals surface area contributed by atoms with Gasteiger partial charge in [0.1, 0.15) is 11.5 Å². The summed E-state index contributed by atoms with van der Waals surface area (Å²) in [7, 11) is 0. The van der Waals surface area contributed by atoms with E-state index >= 15 is 0 Å². The lowest BCUT2D eigenvalue weighted by Gasteiger charge is -2.31. The third-order valence-corrected chi connectivity index (χ3v) is 9.73. The molecule has 2 heteroatoms. The summed E-state index contributed by atoms with van der Waals surface area (Å²) >= 11 is 0. The molecule has 2 aromatic rings. The maximum atomic E-state index is 9.37. The van der Waals surface area contributed by atoms with Crippen molar-refractivity contribution in [2.75, 3.05) is 0 Å². The van der Waals surface area contributed by atoms with E-state index in [1.54, 1.807) is 24.3 Å². The van der Waals surface area contributed by atoms with Gasteiger partial charge in [0, 0.05) is 0 Å². The van der Waals surface area contributed by atoms with E-state index in [0.29, 0.717) is 22.3 Å². The average molecular weight is 595 g/mol.